The van der Waals surface area contributed by atoms with Crippen molar-refractivity contribution >= 4 is 11.8 Å². The highest BCUT2D eigenvalue weighted by molar-refractivity contribution is 6.00. The molecular formula is C13H15N3O2. The molecule has 0 unspecified atom stereocenters. The summed E-state index contributed by atoms with van der Waals surface area (Å²) in [5.41, 5.74) is 0.783. The van der Waals surface area contributed by atoms with Crippen molar-refractivity contribution in [2.75, 3.05) is 20.2 Å². The molecule has 5 heteroatoms. The standard InChI is InChI=1S/C13H15N3O2/c1-3-18-12(17)9-16(2)13(15-10-14)11-7-5-4-6-8-11/h4-8H,3,9H2,1-2H3. The van der Waals surface area contributed by atoms with Gasteiger partial charge in [-0.05, 0) is 6.92 Å². The van der Waals surface area contributed by atoms with Crippen molar-refractivity contribution in [3.63, 3.8) is 0 Å². The van der Waals surface area contributed by atoms with Crippen molar-refractivity contribution in [1.29, 1.82) is 5.26 Å². The molecule has 0 amide bonds. The molecule has 0 aromatic heterocycles. The molecule has 94 valence electrons. The molecule has 0 N–H and O–H groups in total. The Morgan fingerprint density at radius 2 is 2.11 bits per heavy atom. The van der Waals surface area contributed by atoms with E-state index in [2.05, 4.69) is 4.99 Å². The van der Waals surface area contributed by atoms with Gasteiger partial charge in [0, 0.05) is 12.6 Å². The molecule has 18 heavy (non-hydrogen) atoms. The van der Waals surface area contributed by atoms with E-state index in [0.717, 1.165) is 5.56 Å². The summed E-state index contributed by atoms with van der Waals surface area (Å²) in [7, 11) is 1.69. The van der Waals surface area contributed by atoms with Crippen LogP contribution >= 0.6 is 0 Å². The molecule has 0 spiro atoms. The number of carbonyl (C=O) groups is 1. The van der Waals surface area contributed by atoms with Crippen LogP contribution < -0.4 is 0 Å². The van der Waals surface area contributed by atoms with E-state index >= 15 is 0 Å². The molecule has 1 rings (SSSR count). The Labute approximate surface area is 106 Å². The normalized spacial score (nSPS) is 10.6. The maximum Gasteiger partial charge on any atom is 0.325 e. The fourth-order valence-corrected chi connectivity index (χ4v) is 1.48. The lowest BCUT2D eigenvalue weighted by atomic mass is 10.2. The van der Waals surface area contributed by atoms with Crippen LogP contribution in [0.5, 0.6) is 0 Å². The van der Waals surface area contributed by atoms with Crippen LogP contribution in [-0.2, 0) is 9.53 Å². The second-order valence-corrected chi connectivity index (χ2v) is 3.56. The summed E-state index contributed by atoms with van der Waals surface area (Å²) in [6.45, 7) is 2.14. The predicted octanol–water partition coefficient (Wildman–Crippen LogP) is 1.41. The number of nitriles is 1. The number of ether oxygens (including phenoxy) is 1. The van der Waals surface area contributed by atoms with Gasteiger partial charge in [-0.3, -0.25) is 4.79 Å². The van der Waals surface area contributed by atoms with Crippen molar-refractivity contribution in [2.45, 2.75) is 6.92 Å². The van der Waals surface area contributed by atoms with E-state index < -0.39 is 0 Å². The number of hydrogen-bond acceptors (Lipinski definition) is 4. The highest BCUT2D eigenvalue weighted by Gasteiger charge is 2.13. The van der Waals surface area contributed by atoms with Crippen molar-refractivity contribution in [2.24, 2.45) is 4.99 Å². The maximum absolute atomic E-state index is 11.4. The first kappa shape index (κ1) is 13.7. The van der Waals surface area contributed by atoms with Crippen LogP contribution in [0.25, 0.3) is 0 Å². The van der Waals surface area contributed by atoms with Gasteiger partial charge in [0.15, 0.2) is 0 Å². The second kappa shape index (κ2) is 7.07. The molecule has 0 bridgehead atoms. The van der Waals surface area contributed by atoms with E-state index in [-0.39, 0.29) is 12.5 Å². The monoisotopic (exact) mass is 245 g/mol. The highest BCUT2D eigenvalue weighted by Crippen LogP contribution is 2.04. The van der Waals surface area contributed by atoms with Gasteiger partial charge < -0.3 is 9.64 Å². The zero-order chi connectivity index (χ0) is 13.4. The van der Waals surface area contributed by atoms with Crippen LogP contribution in [0, 0.1) is 11.5 Å². The summed E-state index contributed by atoms with van der Waals surface area (Å²) >= 11 is 0. The molecule has 0 aliphatic carbocycles. The molecule has 0 radical (unpaired) electrons. The Morgan fingerprint density at radius 3 is 2.67 bits per heavy atom. The third-order valence-corrected chi connectivity index (χ3v) is 2.22. The quantitative estimate of drug-likeness (QED) is 0.348. The number of benzene rings is 1. The van der Waals surface area contributed by atoms with Gasteiger partial charge in [-0.25, -0.2) is 0 Å². The van der Waals surface area contributed by atoms with Gasteiger partial charge >= 0.3 is 5.97 Å². The molecule has 0 aliphatic heterocycles. The van der Waals surface area contributed by atoms with Gasteiger partial charge in [0.2, 0.25) is 6.19 Å². The van der Waals surface area contributed by atoms with Gasteiger partial charge in [0.1, 0.15) is 12.4 Å². The molecule has 0 heterocycles. The minimum atomic E-state index is -0.346. The Morgan fingerprint density at radius 1 is 1.44 bits per heavy atom. The average Bonchev–Trinajstić information content (AvgIpc) is 2.37. The van der Waals surface area contributed by atoms with Crippen LogP contribution in [0.3, 0.4) is 0 Å². The SMILES string of the molecule is CCOC(=O)CN(C)C(=NC#N)c1ccccc1. The van der Waals surface area contributed by atoms with Crippen LogP contribution in [0.1, 0.15) is 12.5 Å². The summed E-state index contributed by atoms with van der Waals surface area (Å²) in [4.78, 5) is 16.7. The number of nitrogens with zero attached hydrogens (tertiary/aromatic N) is 3. The first-order chi connectivity index (χ1) is 8.69. The topological polar surface area (TPSA) is 65.7 Å². The summed E-state index contributed by atoms with van der Waals surface area (Å²) in [6.07, 6.45) is 1.75. The summed E-state index contributed by atoms with van der Waals surface area (Å²) < 4.78 is 4.86. The lowest BCUT2D eigenvalue weighted by Crippen LogP contribution is -2.33. The first-order valence-corrected chi connectivity index (χ1v) is 5.58. The molecule has 0 saturated carbocycles. The van der Waals surface area contributed by atoms with Crippen LogP contribution in [0.2, 0.25) is 0 Å². The zero-order valence-electron chi connectivity index (χ0n) is 10.5. The smallest absolute Gasteiger partial charge is 0.325 e. The van der Waals surface area contributed by atoms with Gasteiger partial charge in [-0.2, -0.15) is 10.3 Å². The fraction of sp³-hybridized carbons (Fsp3) is 0.308. The summed E-state index contributed by atoms with van der Waals surface area (Å²) in [5.74, 6) is 0.104. The zero-order valence-corrected chi connectivity index (χ0v) is 10.5. The highest BCUT2D eigenvalue weighted by atomic mass is 16.5. The number of rotatable bonds is 4. The minimum absolute atomic E-state index is 0.0588. The van der Waals surface area contributed by atoms with Gasteiger partial charge in [-0.15, -0.1) is 0 Å². The predicted molar refractivity (Wildman–Crippen MR) is 67.9 cm³/mol. The Kier molecular flexibility index (Phi) is 5.39. The van der Waals surface area contributed by atoms with E-state index in [4.69, 9.17) is 10.00 Å². The molecular weight excluding hydrogens is 230 g/mol. The first-order valence-electron chi connectivity index (χ1n) is 5.58. The lowest BCUT2D eigenvalue weighted by molar-refractivity contribution is -0.143. The summed E-state index contributed by atoms with van der Waals surface area (Å²) in [6, 6.07) is 9.23. The number of esters is 1. The van der Waals surface area contributed by atoms with Gasteiger partial charge in [0.05, 0.1) is 6.61 Å². The lowest BCUT2D eigenvalue weighted by Gasteiger charge is -2.19. The third-order valence-electron chi connectivity index (χ3n) is 2.22. The molecule has 0 saturated heterocycles. The number of likely N-dealkylation sites (N-methyl/N-ethyl adjacent to an activating group) is 1. The number of carbonyl (C=O) groups excluding carboxylic acids is 1. The van der Waals surface area contributed by atoms with Crippen molar-refractivity contribution < 1.29 is 9.53 Å². The van der Waals surface area contributed by atoms with Crippen molar-refractivity contribution in [3.8, 4) is 6.19 Å². The van der Waals surface area contributed by atoms with Crippen LogP contribution in [0.15, 0.2) is 35.3 Å². The molecule has 5 nitrogen and oxygen atoms in total. The van der Waals surface area contributed by atoms with Gasteiger partial charge in [-0.1, -0.05) is 30.3 Å². The Balaban J connectivity index is 2.85. The molecule has 0 fully saturated rings. The fourth-order valence-electron chi connectivity index (χ4n) is 1.48. The van der Waals surface area contributed by atoms with Gasteiger partial charge in [0.25, 0.3) is 0 Å². The number of aliphatic imine (C=N–C) groups is 1. The maximum atomic E-state index is 11.4. The largest absolute Gasteiger partial charge is 0.465 e. The summed E-state index contributed by atoms with van der Waals surface area (Å²) in [5, 5.41) is 8.70. The van der Waals surface area contributed by atoms with E-state index in [1.165, 1.54) is 0 Å². The average molecular weight is 245 g/mol. The van der Waals surface area contributed by atoms with E-state index in [1.54, 1.807) is 25.1 Å². The molecule has 1 aromatic carbocycles. The minimum Gasteiger partial charge on any atom is -0.465 e. The van der Waals surface area contributed by atoms with Crippen molar-refractivity contribution in [3.05, 3.63) is 35.9 Å². The number of hydrogen-bond donors (Lipinski definition) is 0. The van der Waals surface area contributed by atoms with Crippen LogP contribution in [-0.4, -0.2) is 36.9 Å². The molecule has 0 atom stereocenters. The van der Waals surface area contributed by atoms with E-state index in [1.807, 2.05) is 30.3 Å². The molecule has 1 aromatic rings. The van der Waals surface area contributed by atoms with E-state index in [0.29, 0.717) is 12.4 Å². The van der Waals surface area contributed by atoms with Crippen molar-refractivity contribution in [1.82, 2.24) is 4.90 Å². The van der Waals surface area contributed by atoms with Crippen LogP contribution in [0.4, 0.5) is 0 Å². The Bertz CT molecular complexity index is 463. The third kappa shape index (κ3) is 3.91. The van der Waals surface area contributed by atoms with E-state index in [9.17, 15) is 4.79 Å². The Hall–Kier alpha value is -2.35. The second-order valence-electron chi connectivity index (χ2n) is 3.56. The molecule has 0 aliphatic rings. The number of amidine groups is 1.